The average molecular weight is 424 g/mol. The van der Waals surface area contributed by atoms with Gasteiger partial charge in [0.25, 0.3) is 5.91 Å². The summed E-state index contributed by atoms with van der Waals surface area (Å²) in [6.07, 6.45) is 1.46. The summed E-state index contributed by atoms with van der Waals surface area (Å²) in [5.41, 5.74) is 2.13. The van der Waals surface area contributed by atoms with Crippen molar-refractivity contribution in [3.63, 3.8) is 0 Å². The molecule has 0 saturated heterocycles. The van der Waals surface area contributed by atoms with E-state index < -0.39 is 11.9 Å². The summed E-state index contributed by atoms with van der Waals surface area (Å²) in [7, 11) is 0. The first-order valence-electron chi connectivity index (χ1n) is 8.68. The van der Waals surface area contributed by atoms with Gasteiger partial charge >= 0.3 is 5.97 Å². The molecule has 8 heteroatoms. The van der Waals surface area contributed by atoms with Gasteiger partial charge in [-0.05, 0) is 55.8 Å². The summed E-state index contributed by atoms with van der Waals surface area (Å²) >= 11 is 5.69. The van der Waals surface area contributed by atoms with Crippen LogP contribution in [0, 0.1) is 11.3 Å². The van der Waals surface area contributed by atoms with Crippen LogP contribution < -0.4 is 4.90 Å². The number of rotatable bonds is 5. The van der Waals surface area contributed by atoms with Crippen molar-refractivity contribution in [1.82, 2.24) is 4.98 Å². The van der Waals surface area contributed by atoms with E-state index in [4.69, 9.17) is 5.11 Å². The van der Waals surface area contributed by atoms with Crippen molar-refractivity contribution < 1.29 is 14.7 Å². The minimum atomic E-state index is -1.04. The van der Waals surface area contributed by atoms with Gasteiger partial charge in [0.1, 0.15) is 16.0 Å². The van der Waals surface area contributed by atoms with E-state index in [0.29, 0.717) is 15.6 Å². The maximum atomic E-state index is 13.2. The highest BCUT2D eigenvalue weighted by molar-refractivity contribution is 7.82. The fourth-order valence-electron chi connectivity index (χ4n) is 2.86. The average Bonchev–Trinajstić information content (AvgIpc) is 3.05. The molecule has 0 atom stereocenters. The number of fused-ring (bicyclic) bond motifs is 1. The minimum absolute atomic E-state index is 0.0407. The Kier molecular flexibility index (Phi) is 6.01. The second kappa shape index (κ2) is 8.47. The van der Waals surface area contributed by atoms with Gasteiger partial charge < -0.3 is 10.0 Å². The van der Waals surface area contributed by atoms with Crippen molar-refractivity contribution in [3.05, 3.63) is 59.2 Å². The quantitative estimate of drug-likeness (QED) is 0.354. The number of thiol groups is 1. The van der Waals surface area contributed by atoms with Gasteiger partial charge in [-0.25, -0.2) is 9.78 Å². The van der Waals surface area contributed by atoms with Gasteiger partial charge in [0, 0.05) is 11.7 Å². The van der Waals surface area contributed by atoms with E-state index in [1.165, 1.54) is 29.5 Å². The van der Waals surface area contributed by atoms with E-state index in [2.05, 4.69) is 17.6 Å². The van der Waals surface area contributed by atoms with Crippen LogP contribution in [-0.2, 0) is 4.79 Å². The first kappa shape index (κ1) is 20.6. The van der Waals surface area contributed by atoms with Gasteiger partial charge in [0.05, 0.1) is 15.8 Å². The number of carboxylic acid groups (broad SMARTS) is 1. The van der Waals surface area contributed by atoms with Gasteiger partial charge in [0.15, 0.2) is 0 Å². The molecule has 0 saturated carbocycles. The van der Waals surface area contributed by atoms with Crippen LogP contribution in [0.1, 0.15) is 29.8 Å². The van der Waals surface area contributed by atoms with Crippen LogP contribution in [0.3, 0.4) is 0 Å². The molecular weight excluding hydrogens is 406 g/mol. The smallest absolute Gasteiger partial charge is 0.335 e. The van der Waals surface area contributed by atoms with Crippen LogP contribution in [0.4, 0.5) is 5.69 Å². The third-order valence-electron chi connectivity index (χ3n) is 4.19. The van der Waals surface area contributed by atoms with E-state index in [-0.39, 0.29) is 17.2 Å². The van der Waals surface area contributed by atoms with E-state index in [0.717, 1.165) is 10.2 Å². The molecule has 29 heavy (non-hydrogen) atoms. The Hall–Kier alpha value is -3.15. The van der Waals surface area contributed by atoms with Gasteiger partial charge in [-0.3, -0.25) is 4.79 Å². The largest absolute Gasteiger partial charge is 0.478 e. The topological polar surface area (TPSA) is 94.3 Å². The van der Waals surface area contributed by atoms with Crippen LogP contribution >= 0.6 is 24.0 Å². The van der Waals surface area contributed by atoms with Gasteiger partial charge in [0.2, 0.25) is 0 Å². The molecule has 2 aromatic carbocycles. The maximum absolute atomic E-state index is 13.2. The molecule has 1 heterocycles. The molecule has 1 amide bonds. The molecule has 0 spiro atoms. The maximum Gasteiger partial charge on any atom is 0.335 e. The normalized spacial score (nSPS) is 11.5. The number of hydrogen-bond acceptors (Lipinski definition) is 6. The van der Waals surface area contributed by atoms with Crippen molar-refractivity contribution >= 4 is 57.8 Å². The predicted molar refractivity (Wildman–Crippen MR) is 116 cm³/mol. The zero-order chi connectivity index (χ0) is 21.1. The van der Waals surface area contributed by atoms with Crippen LogP contribution in [0.15, 0.2) is 52.4 Å². The van der Waals surface area contributed by atoms with Crippen LogP contribution in [0.2, 0.25) is 0 Å². The lowest BCUT2D eigenvalue weighted by Gasteiger charge is -2.26. The van der Waals surface area contributed by atoms with Gasteiger partial charge in [-0.15, -0.1) is 24.0 Å². The number of anilines is 1. The molecule has 3 aromatic rings. The summed E-state index contributed by atoms with van der Waals surface area (Å²) in [4.78, 5) is 30.0. The molecule has 6 nitrogen and oxygen atoms in total. The third kappa shape index (κ3) is 4.47. The lowest BCUT2D eigenvalue weighted by Crippen LogP contribution is -2.37. The SMILES string of the molecule is CC(C)N(C(=O)/C(C#N)=C/c1ccc(C(=O)O)cc1)c1ccc2nc(S)sc2c1. The lowest BCUT2D eigenvalue weighted by molar-refractivity contribution is -0.115. The molecule has 0 radical (unpaired) electrons. The summed E-state index contributed by atoms with van der Waals surface area (Å²) in [6.45, 7) is 3.74. The van der Waals surface area contributed by atoms with Gasteiger partial charge in [-0.2, -0.15) is 5.26 Å². The number of carboxylic acids is 1. The minimum Gasteiger partial charge on any atom is -0.478 e. The van der Waals surface area contributed by atoms with Gasteiger partial charge in [-0.1, -0.05) is 12.1 Å². The molecule has 0 unspecified atom stereocenters. The molecule has 146 valence electrons. The molecule has 1 N–H and O–H groups in total. The van der Waals surface area contributed by atoms with E-state index in [1.807, 2.05) is 32.0 Å². The first-order chi connectivity index (χ1) is 13.8. The Morgan fingerprint density at radius 2 is 1.93 bits per heavy atom. The molecule has 0 fully saturated rings. The Morgan fingerprint density at radius 1 is 1.24 bits per heavy atom. The molecule has 0 aliphatic rings. The fourth-order valence-corrected chi connectivity index (χ4v) is 4.00. The number of aromatic nitrogens is 1. The number of nitriles is 1. The fraction of sp³-hybridized carbons (Fsp3) is 0.143. The number of carbonyl (C=O) groups excluding carboxylic acids is 1. The van der Waals surface area contributed by atoms with E-state index >= 15 is 0 Å². The summed E-state index contributed by atoms with van der Waals surface area (Å²) < 4.78 is 1.54. The summed E-state index contributed by atoms with van der Waals surface area (Å²) in [6, 6.07) is 13.2. The highest BCUT2D eigenvalue weighted by atomic mass is 32.2. The highest BCUT2D eigenvalue weighted by Crippen LogP contribution is 2.30. The molecular formula is C21H17N3O3S2. The highest BCUT2D eigenvalue weighted by Gasteiger charge is 2.23. The van der Waals surface area contributed by atoms with E-state index in [9.17, 15) is 14.9 Å². The second-order valence-corrected chi connectivity index (χ2v) is 8.27. The third-order valence-corrected chi connectivity index (χ3v) is 5.39. The Morgan fingerprint density at radius 3 is 2.52 bits per heavy atom. The predicted octanol–water partition coefficient (Wildman–Crippen LogP) is 4.63. The Labute approximate surface area is 177 Å². The zero-order valence-electron chi connectivity index (χ0n) is 15.7. The van der Waals surface area contributed by atoms with Crippen molar-refractivity contribution in [3.8, 4) is 6.07 Å². The summed E-state index contributed by atoms with van der Waals surface area (Å²) in [5, 5.41) is 18.6. The molecule has 3 rings (SSSR count). The number of thiazole rings is 1. The molecule has 1 aromatic heterocycles. The van der Waals surface area contributed by atoms with Crippen LogP contribution in [0.25, 0.3) is 16.3 Å². The Bertz CT molecular complexity index is 1160. The monoisotopic (exact) mass is 423 g/mol. The molecule has 0 bridgehead atoms. The van der Waals surface area contributed by atoms with Crippen molar-refractivity contribution in [2.75, 3.05) is 4.90 Å². The zero-order valence-corrected chi connectivity index (χ0v) is 17.4. The Balaban J connectivity index is 1.97. The lowest BCUT2D eigenvalue weighted by atomic mass is 10.1. The van der Waals surface area contributed by atoms with Crippen molar-refractivity contribution in [2.24, 2.45) is 0 Å². The number of aromatic carboxylic acids is 1. The first-order valence-corrected chi connectivity index (χ1v) is 9.95. The number of benzene rings is 2. The number of nitrogens with zero attached hydrogens (tertiary/aromatic N) is 3. The molecule has 0 aliphatic heterocycles. The number of carbonyl (C=O) groups is 2. The van der Waals surface area contributed by atoms with Crippen molar-refractivity contribution in [2.45, 2.75) is 24.2 Å². The standard InChI is InChI=1S/C21H17N3O3S2/c1-12(2)24(16-7-8-17-18(10-16)29-21(28)23-17)19(25)15(11-22)9-13-3-5-14(6-4-13)20(26)27/h3-10,12H,1-2H3,(H,23,28)(H,26,27)/b15-9+. The van der Waals surface area contributed by atoms with Crippen molar-refractivity contribution in [1.29, 1.82) is 5.26 Å². The van der Waals surface area contributed by atoms with Crippen LogP contribution in [-0.4, -0.2) is 28.0 Å². The number of hydrogen-bond donors (Lipinski definition) is 2. The van der Waals surface area contributed by atoms with E-state index in [1.54, 1.807) is 23.1 Å². The summed E-state index contributed by atoms with van der Waals surface area (Å²) in [5.74, 6) is -1.47. The second-order valence-electron chi connectivity index (χ2n) is 6.51. The molecule has 0 aliphatic carbocycles. The van der Waals surface area contributed by atoms with Crippen LogP contribution in [0.5, 0.6) is 0 Å². The number of amides is 1.